The Morgan fingerprint density at radius 3 is 2.58 bits per heavy atom. The van der Waals surface area contributed by atoms with Gasteiger partial charge in [-0.2, -0.15) is 0 Å². The molecule has 0 atom stereocenters. The Hall–Kier alpha value is -1.99. The van der Waals surface area contributed by atoms with Crippen molar-refractivity contribution in [3.05, 3.63) is 23.8 Å². The Bertz CT molecular complexity index is 547. The van der Waals surface area contributed by atoms with Gasteiger partial charge in [0.15, 0.2) is 11.5 Å². The van der Waals surface area contributed by atoms with Crippen molar-refractivity contribution in [3.63, 3.8) is 0 Å². The van der Waals surface area contributed by atoms with E-state index in [0.717, 1.165) is 56.3 Å². The van der Waals surface area contributed by atoms with Crippen molar-refractivity contribution in [2.24, 2.45) is 0 Å². The second-order valence-corrected chi connectivity index (χ2v) is 5.86. The molecule has 0 spiro atoms. The van der Waals surface area contributed by atoms with Crippen molar-refractivity contribution in [1.82, 2.24) is 15.5 Å². The van der Waals surface area contributed by atoms with Crippen molar-refractivity contribution >= 4 is 6.03 Å². The van der Waals surface area contributed by atoms with E-state index >= 15 is 0 Å². The van der Waals surface area contributed by atoms with E-state index in [1.807, 2.05) is 18.2 Å². The van der Waals surface area contributed by atoms with Crippen LogP contribution in [0.2, 0.25) is 0 Å². The van der Waals surface area contributed by atoms with Crippen LogP contribution in [0.1, 0.15) is 5.56 Å². The molecule has 7 nitrogen and oxygen atoms in total. The minimum Gasteiger partial charge on any atom is -0.486 e. The number of hydrogen-bond acceptors (Lipinski definition) is 5. The zero-order valence-electron chi connectivity index (χ0n) is 13.9. The Morgan fingerprint density at radius 1 is 1.00 bits per heavy atom. The number of benzene rings is 1. The number of fused-ring (bicyclic) bond motifs is 1. The summed E-state index contributed by atoms with van der Waals surface area (Å²) in [5.74, 6) is 1.58. The van der Waals surface area contributed by atoms with Gasteiger partial charge in [-0.3, -0.25) is 4.90 Å². The summed E-state index contributed by atoms with van der Waals surface area (Å²) < 4.78 is 16.4. The Labute approximate surface area is 142 Å². The van der Waals surface area contributed by atoms with Crippen LogP contribution in [0, 0.1) is 0 Å². The van der Waals surface area contributed by atoms with E-state index in [0.29, 0.717) is 26.3 Å². The molecule has 2 N–H and O–H groups in total. The van der Waals surface area contributed by atoms with Gasteiger partial charge in [0.1, 0.15) is 13.2 Å². The third kappa shape index (κ3) is 5.01. The van der Waals surface area contributed by atoms with Gasteiger partial charge >= 0.3 is 6.03 Å². The molecule has 0 aromatic heterocycles. The van der Waals surface area contributed by atoms with Gasteiger partial charge in [0.05, 0.1) is 13.2 Å². The summed E-state index contributed by atoms with van der Waals surface area (Å²) in [6.45, 7) is 6.71. The van der Waals surface area contributed by atoms with E-state index in [1.54, 1.807) is 0 Å². The second kappa shape index (κ2) is 8.75. The maximum absolute atomic E-state index is 11.8. The summed E-state index contributed by atoms with van der Waals surface area (Å²) in [6, 6.07) is 5.78. The van der Waals surface area contributed by atoms with E-state index < -0.39 is 0 Å². The van der Waals surface area contributed by atoms with Crippen molar-refractivity contribution < 1.29 is 19.0 Å². The first-order valence-electron chi connectivity index (χ1n) is 8.51. The normalized spacial score (nSPS) is 17.3. The van der Waals surface area contributed by atoms with Crippen LogP contribution < -0.4 is 20.1 Å². The molecule has 0 aliphatic carbocycles. The number of nitrogens with zero attached hydrogens (tertiary/aromatic N) is 1. The number of carbonyl (C=O) groups is 1. The molecule has 0 bridgehead atoms. The van der Waals surface area contributed by atoms with E-state index in [1.165, 1.54) is 0 Å². The van der Waals surface area contributed by atoms with E-state index in [2.05, 4.69) is 15.5 Å². The van der Waals surface area contributed by atoms with Crippen LogP contribution in [0.15, 0.2) is 18.2 Å². The molecule has 1 saturated heterocycles. The first kappa shape index (κ1) is 16.9. The molecule has 24 heavy (non-hydrogen) atoms. The topological polar surface area (TPSA) is 72.1 Å². The predicted octanol–water partition coefficient (Wildman–Crippen LogP) is 0.632. The lowest BCUT2D eigenvalue weighted by atomic mass is 10.1. The number of amides is 2. The fourth-order valence-electron chi connectivity index (χ4n) is 2.78. The standard InChI is InChI=1S/C17H25N3O4/c21-17(19-5-6-20-7-9-22-10-8-20)18-4-3-14-1-2-15-16(13-14)24-12-11-23-15/h1-2,13H,3-12H2,(H2,18,19,21). The van der Waals surface area contributed by atoms with Gasteiger partial charge in [-0.1, -0.05) is 6.07 Å². The number of carbonyl (C=O) groups excluding carboxylic acids is 1. The minimum absolute atomic E-state index is 0.124. The van der Waals surface area contributed by atoms with Gasteiger partial charge in [-0.05, 0) is 24.1 Å². The minimum atomic E-state index is -0.124. The van der Waals surface area contributed by atoms with E-state index in [9.17, 15) is 4.79 Å². The van der Waals surface area contributed by atoms with Crippen LogP contribution in [0.5, 0.6) is 11.5 Å². The predicted molar refractivity (Wildman–Crippen MR) is 89.8 cm³/mol. The Balaban J connectivity index is 1.31. The molecule has 1 aromatic carbocycles. The monoisotopic (exact) mass is 335 g/mol. The number of hydrogen-bond donors (Lipinski definition) is 2. The van der Waals surface area contributed by atoms with Crippen molar-refractivity contribution in [3.8, 4) is 11.5 Å². The highest BCUT2D eigenvalue weighted by Gasteiger charge is 2.12. The average molecular weight is 335 g/mol. The highest BCUT2D eigenvalue weighted by Crippen LogP contribution is 2.30. The molecule has 7 heteroatoms. The van der Waals surface area contributed by atoms with Gasteiger partial charge in [-0.25, -0.2) is 4.79 Å². The third-order valence-electron chi connectivity index (χ3n) is 4.12. The van der Waals surface area contributed by atoms with Gasteiger partial charge < -0.3 is 24.8 Å². The Kier molecular flexibility index (Phi) is 6.14. The number of urea groups is 1. The molecule has 2 heterocycles. The molecule has 1 aromatic rings. The first-order valence-corrected chi connectivity index (χ1v) is 8.51. The van der Waals surface area contributed by atoms with Crippen LogP contribution in [-0.2, 0) is 11.2 Å². The largest absolute Gasteiger partial charge is 0.486 e. The molecular weight excluding hydrogens is 310 g/mol. The summed E-state index contributed by atoms with van der Waals surface area (Å²) in [5.41, 5.74) is 1.12. The van der Waals surface area contributed by atoms with Crippen molar-refractivity contribution in [2.45, 2.75) is 6.42 Å². The van der Waals surface area contributed by atoms with E-state index in [4.69, 9.17) is 14.2 Å². The number of morpholine rings is 1. The third-order valence-corrected chi connectivity index (χ3v) is 4.12. The lowest BCUT2D eigenvalue weighted by Gasteiger charge is -2.26. The zero-order valence-corrected chi connectivity index (χ0v) is 13.9. The SMILES string of the molecule is O=C(NCCc1ccc2c(c1)OCCO2)NCCN1CCOCC1. The highest BCUT2D eigenvalue weighted by molar-refractivity contribution is 5.73. The van der Waals surface area contributed by atoms with Crippen molar-refractivity contribution in [1.29, 1.82) is 0 Å². The fraction of sp³-hybridized carbons (Fsp3) is 0.588. The number of ether oxygens (including phenoxy) is 3. The Morgan fingerprint density at radius 2 is 1.75 bits per heavy atom. The lowest BCUT2D eigenvalue weighted by Crippen LogP contribution is -2.44. The van der Waals surface area contributed by atoms with Crippen molar-refractivity contribution in [2.75, 3.05) is 59.2 Å². The number of rotatable bonds is 6. The molecule has 132 valence electrons. The summed E-state index contributed by atoms with van der Waals surface area (Å²) in [7, 11) is 0. The molecule has 3 rings (SSSR count). The molecule has 2 aliphatic rings. The molecule has 2 aliphatic heterocycles. The van der Waals surface area contributed by atoms with Crippen LogP contribution in [0.25, 0.3) is 0 Å². The van der Waals surface area contributed by atoms with Crippen LogP contribution in [0.3, 0.4) is 0 Å². The molecule has 2 amide bonds. The average Bonchev–Trinajstić information content (AvgIpc) is 2.62. The second-order valence-electron chi connectivity index (χ2n) is 5.86. The summed E-state index contributed by atoms with van der Waals surface area (Å²) in [4.78, 5) is 14.1. The summed E-state index contributed by atoms with van der Waals surface area (Å²) >= 11 is 0. The fourth-order valence-corrected chi connectivity index (χ4v) is 2.78. The lowest BCUT2D eigenvalue weighted by molar-refractivity contribution is 0.0387. The first-order chi connectivity index (χ1) is 11.8. The highest BCUT2D eigenvalue weighted by atomic mass is 16.6. The van der Waals surface area contributed by atoms with Gasteiger partial charge in [0, 0.05) is 32.7 Å². The maximum atomic E-state index is 11.8. The quantitative estimate of drug-likeness (QED) is 0.798. The van der Waals surface area contributed by atoms with Crippen LogP contribution in [-0.4, -0.2) is 70.1 Å². The molecular formula is C17H25N3O4. The molecule has 0 unspecified atom stereocenters. The molecule has 0 radical (unpaired) electrons. The molecule has 1 fully saturated rings. The summed E-state index contributed by atoms with van der Waals surface area (Å²) in [5, 5.41) is 5.77. The van der Waals surface area contributed by atoms with Gasteiger partial charge in [0.25, 0.3) is 0 Å². The van der Waals surface area contributed by atoms with Crippen LogP contribution >= 0.6 is 0 Å². The van der Waals surface area contributed by atoms with Gasteiger partial charge in [0.2, 0.25) is 0 Å². The smallest absolute Gasteiger partial charge is 0.314 e. The molecule has 0 saturated carbocycles. The zero-order chi connectivity index (χ0) is 16.6. The van der Waals surface area contributed by atoms with E-state index in [-0.39, 0.29) is 6.03 Å². The maximum Gasteiger partial charge on any atom is 0.314 e. The number of nitrogens with one attached hydrogen (secondary N) is 2. The summed E-state index contributed by atoms with van der Waals surface area (Å²) in [6.07, 6.45) is 0.757. The van der Waals surface area contributed by atoms with Crippen LogP contribution in [0.4, 0.5) is 4.79 Å². The van der Waals surface area contributed by atoms with Gasteiger partial charge in [-0.15, -0.1) is 0 Å².